The van der Waals surface area contributed by atoms with Crippen molar-refractivity contribution in [2.45, 2.75) is 19.9 Å². The van der Waals surface area contributed by atoms with E-state index >= 15 is 0 Å². The molecule has 0 aliphatic carbocycles. The second-order valence-corrected chi connectivity index (χ2v) is 6.11. The van der Waals surface area contributed by atoms with Crippen molar-refractivity contribution in [3.05, 3.63) is 62.1 Å². The Morgan fingerprint density at radius 3 is 2.45 bits per heavy atom. The Labute approximate surface area is 133 Å². The molecule has 0 bridgehead atoms. The first-order valence-corrected chi connectivity index (χ1v) is 7.46. The van der Waals surface area contributed by atoms with Gasteiger partial charge in [-0.1, -0.05) is 39.7 Å². The van der Waals surface area contributed by atoms with Gasteiger partial charge in [0, 0.05) is 15.1 Å². The molecule has 0 aromatic heterocycles. The first-order chi connectivity index (χ1) is 9.43. The molecule has 0 spiro atoms. The fraction of sp³-hybridized carbons (Fsp3) is 0.250. The molecule has 0 radical (unpaired) electrons. The molecule has 0 saturated carbocycles. The van der Waals surface area contributed by atoms with Gasteiger partial charge in [-0.2, -0.15) is 0 Å². The topological polar surface area (TPSA) is 35.2 Å². The van der Waals surface area contributed by atoms with Crippen molar-refractivity contribution in [2.75, 3.05) is 7.11 Å². The molecule has 2 N–H and O–H groups in total. The van der Waals surface area contributed by atoms with E-state index in [1.165, 1.54) is 0 Å². The van der Waals surface area contributed by atoms with Gasteiger partial charge in [-0.3, -0.25) is 0 Å². The van der Waals surface area contributed by atoms with Gasteiger partial charge in [-0.05, 0) is 48.7 Å². The Morgan fingerprint density at radius 1 is 1.15 bits per heavy atom. The van der Waals surface area contributed by atoms with Gasteiger partial charge in [0.2, 0.25) is 0 Å². The molecule has 0 saturated heterocycles. The Kier molecular flexibility index (Phi) is 4.74. The van der Waals surface area contributed by atoms with E-state index in [2.05, 4.69) is 15.9 Å². The molecule has 0 aliphatic heterocycles. The Bertz CT molecular complexity index is 643. The fourth-order valence-electron chi connectivity index (χ4n) is 2.14. The van der Waals surface area contributed by atoms with Crippen LogP contribution in [-0.2, 0) is 0 Å². The molecule has 4 heteroatoms. The van der Waals surface area contributed by atoms with Crippen LogP contribution in [0.2, 0.25) is 5.02 Å². The summed E-state index contributed by atoms with van der Waals surface area (Å²) in [6.45, 7) is 4.02. The van der Waals surface area contributed by atoms with Crippen LogP contribution in [0.3, 0.4) is 0 Å². The van der Waals surface area contributed by atoms with E-state index in [0.717, 1.165) is 32.5 Å². The summed E-state index contributed by atoms with van der Waals surface area (Å²) in [6.07, 6.45) is 0. The standard InChI is InChI=1S/C16H17BrClNO/c1-9-4-5-11(14(18)6-9)16(19)12-8-13(17)10(2)7-15(12)20-3/h4-8,16H,19H2,1-3H3. The second kappa shape index (κ2) is 6.17. The van der Waals surface area contributed by atoms with Crippen molar-refractivity contribution in [2.24, 2.45) is 5.73 Å². The number of benzene rings is 2. The number of hydrogen-bond acceptors (Lipinski definition) is 2. The van der Waals surface area contributed by atoms with Crippen molar-refractivity contribution in [3.8, 4) is 5.75 Å². The lowest BCUT2D eigenvalue weighted by Gasteiger charge is -2.19. The summed E-state index contributed by atoms with van der Waals surface area (Å²) in [5.74, 6) is 0.773. The number of ether oxygens (including phenoxy) is 1. The molecular weight excluding hydrogens is 338 g/mol. The Morgan fingerprint density at radius 2 is 1.85 bits per heavy atom. The molecule has 0 aliphatic rings. The van der Waals surface area contributed by atoms with Crippen LogP contribution >= 0.6 is 27.5 Å². The maximum atomic E-state index is 6.38. The third-order valence-corrected chi connectivity index (χ3v) is 4.52. The quantitative estimate of drug-likeness (QED) is 0.861. The summed E-state index contributed by atoms with van der Waals surface area (Å²) in [5, 5.41) is 0.677. The highest BCUT2D eigenvalue weighted by atomic mass is 79.9. The lowest BCUT2D eigenvalue weighted by atomic mass is 9.97. The largest absolute Gasteiger partial charge is 0.496 e. The molecule has 2 rings (SSSR count). The van der Waals surface area contributed by atoms with Crippen molar-refractivity contribution >= 4 is 27.5 Å². The van der Waals surface area contributed by atoms with Crippen LogP contribution in [0.1, 0.15) is 28.3 Å². The smallest absolute Gasteiger partial charge is 0.124 e. The van der Waals surface area contributed by atoms with Crippen molar-refractivity contribution in [1.29, 1.82) is 0 Å². The molecule has 20 heavy (non-hydrogen) atoms. The molecule has 2 aromatic rings. The minimum absolute atomic E-state index is 0.324. The third-order valence-electron chi connectivity index (χ3n) is 3.34. The minimum Gasteiger partial charge on any atom is -0.496 e. The maximum absolute atomic E-state index is 6.38. The van der Waals surface area contributed by atoms with E-state index in [0.29, 0.717) is 5.02 Å². The van der Waals surface area contributed by atoms with E-state index in [-0.39, 0.29) is 6.04 Å². The molecule has 1 unspecified atom stereocenters. The molecule has 0 heterocycles. The minimum atomic E-state index is -0.324. The number of aryl methyl sites for hydroxylation is 2. The van der Waals surface area contributed by atoms with Gasteiger partial charge < -0.3 is 10.5 Å². The first-order valence-electron chi connectivity index (χ1n) is 6.29. The highest BCUT2D eigenvalue weighted by molar-refractivity contribution is 9.10. The van der Waals surface area contributed by atoms with Crippen molar-refractivity contribution in [3.63, 3.8) is 0 Å². The van der Waals surface area contributed by atoms with Crippen molar-refractivity contribution in [1.82, 2.24) is 0 Å². The molecule has 0 fully saturated rings. The molecule has 2 aromatic carbocycles. The molecule has 2 nitrogen and oxygen atoms in total. The van der Waals surface area contributed by atoms with Crippen LogP contribution < -0.4 is 10.5 Å². The fourth-order valence-corrected chi connectivity index (χ4v) is 2.86. The van der Waals surface area contributed by atoms with Gasteiger partial charge in [-0.25, -0.2) is 0 Å². The average molecular weight is 355 g/mol. The summed E-state index contributed by atoms with van der Waals surface area (Å²) in [6, 6.07) is 9.55. The third kappa shape index (κ3) is 3.00. The van der Waals surface area contributed by atoms with Crippen LogP contribution in [0, 0.1) is 13.8 Å². The summed E-state index contributed by atoms with van der Waals surface area (Å²) < 4.78 is 6.45. The molecule has 0 amide bonds. The zero-order valence-corrected chi connectivity index (χ0v) is 14.0. The number of hydrogen-bond donors (Lipinski definition) is 1. The predicted octanol–water partition coefficient (Wildman–Crippen LogP) is 4.78. The van der Waals surface area contributed by atoms with Crippen LogP contribution in [-0.4, -0.2) is 7.11 Å². The van der Waals surface area contributed by atoms with Crippen LogP contribution in [0.15, 0.2) is 34.8 Å². The number of halogens is 2. The SMILES string of the molecule is COc1cc(C)c(Br)cc1C(N)c1ccc(C)cc1Cl. The number of methoxy groups -OCH3 is 1. The van der Waals surface area contributed by atoms with E-state index in [1.807, 2.05) is 44.2 Å². The van der Waals surface area contributed by atoms with E-state index in [1.54, 1.807) is 7.11 Å². The summed E-state index contributed by atoms with van der Waals surface area (Å²) in [7, 11) is 1.65. The maximum Gasteiger partial charge on any atom is 0.124 e. The van der Waals surface area contributed by atoms with Gasteiger partial charge in [0.15, 0.2) is 0 Å². The van der Waals surface area contributed by atoms with Gasteiger partial charge in [0.05, 0.1) is 13.2 Å². The Balaban J connectivity index is 2.52. The lowest BCUT2D eigenvalue weighted by Crippen LogP contribution is -2.14. The zero-order valence-electron chi connectivity index (χ0n) is 11.7. The lowest BCUT2D eigenvalue weighted by molar-refractivity contribution is 0.407. The zero-order chi connectivity index (χ0) is 14.9. The second-order valence-electron chi connectivity index (χ2n) is 4.85. The van der Waals surface area contributed by atoms with Crippen molar-refractivity contribution < 1.29 is 4.74 Å². The van der Waals surface area contributed by atoms with E-state index < -0.39 is 0 Å². The Hall–Kier alpha value is -1.03. The molecular formula is C16H17BrClNO. The summed E-state index contributed by atoms with van der Waals surface area (Å²) in [4.78, 5) is 0. The van der Waals surface area contributed by atoms with Gasteiger partial charge in [0.25, 0.3) is 0 Å². The number of rotatable bonds is 3. The predicted molar refractivity (Wildman–Crippen MR) is 87.7 cm³/mol. The van der Waals surface area contributed by atoms with Crippen LogP contribution in [0.5, 0.6) is 5.75 Å². The van der Waals surface area contributed by atoms with E-state index in [4.69, 9.17) is 22.1 Å². The van der Waals surface area contributed by atoms with Crippen LogP contribution in [0.25, 0.3) is 0 Å². The van der Waals surface area contributed by atoms with Crippen LogP contribution in [0.4, 0.5) is 0 Å². The van der Waals surface area contributed by atoms with E-state index in [9.17, 15) is 0 Å². The van der Waals surface area contributed by atoms with Gasteiger partial charge in [-0.15, -0.1) is 0 Å². The van der Waals surface area contributed by atoms with Gasteiger partial charge in [0.1, 0.15) is 5.75 Å². The normalized spacial score (nSPS) is 12.3. The molecule has 106 valence electrons. The molecule has 1 atom stereocenters. The number of nitrogens with two attached hydrogens (primary N) is 1. The highest BCUT2D eigenvalue weighted by Crippen LogP contribution is 2.35. The average Bonchev–Trinajstić information content (AvgIpc) is 2.40. The monoisotopic (exact) mass is 353 g/mol. The summed E-state index contributed by atoms with van der Waals surface area (Å²) >= 11 is 9.84. The highest BCUT2D eigenvalue weighted by Gasteiger charge is 2.18. The summed E-state index contributed by atoms with van der Waals surface area (Å²) in [5.41, 5.74) is 10.4. The van der Waals surface area contributed by atoms with Gasteiger partial charge >= 0.3 is 0 Å². The first kappa shape index (κ1) is 15.4.